The molecule has 0 aromatic rings. The fraction of sp³-hybridized carbons (Fsp3) is 1.00. The van der Waals surface area contributed by atoms with Crippen molar-refractivity contribution in [2.75, 3.05) is 6.54 Å². The first-order chi connectivity index (χ1) is 7.06. The van der Waals surface area contributed by atoms with E-state index >= 15 is 0 Å². The van der Waals surface area contributed by atoms with Crippen LogP contribution in [0.3, 0.4) is 0 Å². The number of hydrogen-bond acceptors (Lipinski definition) is 2. The summed E-state index contributed by atoms with van der Waals surface area (Å²) < 4.78 is 72.2. The Morgan fingerprint density at radius 3 is 1.81 bits per heavy atom. The molecule has 0 atom stereocenters. The van der Waals surface area contributed by atoms with Crippen molar-refractivity contribution in [3.8, 4) is 0 Å². The molecule has 0 aliphatic carbocycles. The first-order valence-electron chi connectivity index (χ1n) is 3.93. The van der Waals surface area contributed by atoms with Gasteiger partial charge in [-0.1, -0.05) is 5.11 Å². The molecule has 0 radical (unpaired) electrons. The lowest BCUT2D eigenvalue weighted by Crippen LogP contribution is -2.56. The Morgan fingerprint density at radius 1 is 1.06 bits per heavy atom. The Morgan fingerprint density at radius 2 is 1.50 bits per heavy atom. The van der Waals surface area contributed by atoms with Crippen LogP contribution in [0.15, 0.2) is 5.11 Å². The summed E-state index contributed by atoms with van der Waals surface area (Å²) in [6, 6.07) is 0. The molecule has 0 saturated carbocycles. The average Bonchev–Trinajstić information content (AvgIpc) is 2.08. The second-order valence-electron chi connectivity index (χ2n) is 2.91. The fourth-order valence-corrected chi connectivity index (χ4v) is 0.895. The molecule has 10 heteroatoms. The van der Waals surface area contributed by atoms with E-state index in [0.717, 1.165) is 0 Å². The summed E-state index contributed by atoms with van der Waals surface area (Å²) in [5.41, 5.74) is 3.01. The number of halogens is 6. The van der Waals surface area contributed by atoms with E-state index in [1.54, 1.807) is 0 Å². The molecule has 0 aromatic carbocycles. The van der Waals surface area contributed by atoms with Gasteiger partial charge in [0.15, 0.2) is 0 Å². The predicted octanol–water partition coefficient (Wildman–Crippen LogP) is 2.93. The molecule has 0 spiro atoms. The summed E-state index contributed by atoms with van der Waals surface area (Å²) >= 11 is 0. The van der Waals surface area contributed by atoms with E-state index < -0.39 is 37.3 Å². The third-order valence-electron chi connectivity index (χ3n) is 1.80. The van der Waals surface area contributed by atoms with Crippen molar-refractivity contribution < 1.29 is 31.4 Å². The lowest BCUT2D eigenvalue weighted by molar-refractivity contribution is -0.370. The van der Waals surface area contributed by atoms with Gasteiger partial charge in [-0.15, -0.1) is 0 Å². The number of nitrogens with zero attached hydrogens (tertiary/aromatic N) is 3. The van der Waals surface area contributed by atoms with Gasteiger partial charge in [-0.05, 0) is 18.4 Å². The van der Waals surface area contributed by atoms with Crippen molar-refractivity contribution in [1.29, 1.82) is 0 Å². The van der Waals surface area contributed by atoms with Crippen LogP contribution in [0.25, 0.3) is 10.4 Å². The third kappa shape index (κ3) is 3.17. The highest BCUT2D eigenvalue weighted by Gasteiger charge is 2.69. The van der Waals surface area contributed by atoms with E-state index in [-0.39, 0.29) is 0 Å². The minimum atomic E-state index is -5.82. The zero-order valence-corrected chi connectivity index (χ0v) is 7.68. The van der Waals surface area contributed by atoms with Crippen LogP contribution in [0.2, 0.25) is 0 Å². The van der Waals surface area contributed by atoms with E-state index in [2.05, 4.69) is 10.0 Å². The zero-order chi connectivity index (χ0) is 13.0. The van der Waals surface area contributed by atoms with Crippen LogP contribution < -0.4 is 0 Å². The first kappa shape index (κ1) is 14.8. The van der Waals surface area contributed by atoms with Gasteiger partial charge in [-0.25, -0.2) is 0 Å². The lowest BCUT2D eigenvalue weighted by Gasteiger charge is -2.32. The summed E-state index contributed by atoms with van der Waals surface area (Å²) in [5, 5.41) is 11.4. The number of azide groups is 1. The molecular weight excluding hydrogens is 244 g/mol. The van der Waals surface area contributed by atoms with E-state index in [1.165, 1.54) is 0 Å². The SMILES string of the molecule is [N-]=[N+]=NCCCC(O)(C(F)(F)F)C(F)(F)F. The minimum absolute atomic E-state index is 0.551. The molecule has 94 valence electrons. The van der Waals surface area contributed by atoms with Gasteiger partial charge in [0, 0.05) is 11.5 Å². The van der Waals surface area contributed by atoms with Crippen LogP contribution in [-0.2, 0) is 0 Å². The fourth-order valence-electron chi connectivity index (χ4n) is 0.895. The summed E-state index contributed by atoms with van der Waals surface area (Å²) in [7, 11) is 0. The maximum Gasteiger partial charge on any atom is 0.426 e. The zero-order valence-electron chi connectivity index (χ0n) is 7.68. The first-order valence-corrected chi connectivity index (χ1v) is 3.93. The highest BCUT2D eigenvalue weighted by Crippen LogP contribution is 2.45. The van der Waals surface area contributed by atoms with Gasteiger partial charge >= 0.3 is 12.4 Å². The summed E-state index contributed by atoms with van der Waals surface area (Å²) in [4.78, 5) is 2.16. The molecule has 0 aliphatic rings. The summed E-state index contributed by atoms with van der Waals surface area (Å²) in [6.45, 7) is -0.551. The quantitative estimate of drug-likeness (QED) is 0.269. The van der Waals surface area contributed by atoms with Gasteiger partial charge in [0.25, 0.3) is 5.60 Å². The maximum absolute atomic E-state index is 12.0. The summed E-state index contributed by atoms with van der Waals surface area (Å²) in [5.74, 6) is 0. The molecule has 0 fully saturated rings. The minimum Gasteiger partial charge on any atom is -0.374 e. The molecule has 0 rings (SSSR count). The van der Waals surface area contributed by atoms with E-state index in [4.69, 9.17) is 10.6 Å². The van der Waals surface area contributed by atoms with Crippen molar-refractivity contribution in [2.45, 2.75) is 30.8 Å². The Kier molecular flexibility index (Phi) is 4.45. The number of rotatable bonds is 4. The normalized spacial score (nSPS) is 13.4. The van der Waals surface area contributed by atoms with Crippen LogP contribution in [0.1, 0.15) is 12.8 Å². The Hall–Kier alpha value is -1.15. The molecule has 16 heavy (non-hydrogen) atoms. The maximum atomic E-state index is 12.0. The van der Waals surface area contributed by atoms with E-state index in [1.807, 2.05) is 0 Å². The Balaban J connectivity index is 4.77. The van der Waals surface area contributed by atoms with Gasteiger partial charge in [-0.2, -0.15) is 26.3 Å². The molecule has 1 N–H and O–H groups in total. The Bertz CT molecular complexity index is 265. The van der Waals surface area contributed by atoms with Crippen molar-refractivity contribution in [3.63, 3.8) is 0 Å². The second-order valence-corrected chi connectivity index (χ2v) is 2.91. The Labute approximate surface area is 85.5 Å². The van der Waals surface area contributed by atoms with Gasteiger partial charge in [0.2, 0.25) is 0 Å². The predicted molar refractivity (Wildman–Crippen MR) is 40.3 cm³/mol. The molecule has 0 saturated heterocycles. The van der Waals surface area contributed by atoms with Gasteiger partial charge in [0.1, 0.15) is 0 Å². The molecular formula is C6H7F6N3O. The second kappa shape index (κ2) is 4.79. The van der Waals surface area contributed by atoms with E-state index in [0.29, 0.717) is 0 Å². The van der Waals surface area contributed by atoms with Crippen molar-refractivity contribution in [3.05, 3.63) is 10.4 Å². The molecule has 0 aromatic heterocycles. The largest absolute Gasteiger partial charge is 0.426 e. The van der Waals surface area contributed by atoms with Crippen molar-refractivity contribution >= 4 is 0 Å². The van der Waals surface area contributed by atoms with Crippen LogP contribution in [0, 0.1) is 0 Å². The number of alkyl halides is 6. The monoisotopic (exact) mass is 251 g/mol. The van der Waals surface area contributed by atoms with Gasteiger partial charge < -0.3 is 5.11 Å². The average molecular weight is 251 g/mol. The van der Waals surface area contributed by atoms with E-state index in [9.17, 15) is 26.3 Å². The molecule has 0 bridgehead atoms. The van der Waals surface area contributed by atoms with Crippen LogP contribution >= 0.6 is 0 Å². The highest BCUT2D eigenvalue weighted by molar-refractivity contribution is 4.93. The number of aliphatic hydroxyl groups is 1. The lowest BCUT2D eigenvalue weighted by atomic mass is 9.96. The standard InChI is InChI=1S/C6H7F6N3O/c7-5(8,9)4(16,6(10,11)12)2-1-3-14-15-13/h16H,1-3H2. The number of hydrogen-bond donors (Lipinski definition) is 1. The third-order valence-corrected chi connectivity index (χ3v) is 1.80. The van der Waals surface area contributed by atoms with Gasteiger partial charge in [0.05, 0.1) is 0 Å². The van der Waals surface area contributed by atoms with Crippen LogP contribution in [0.4, 0.5) is 26.3 Å². The van der Waals surface area contributed by atoms with Crippen LogP contribution in [0.5, 0.6) is 0 Å². The smallest absolute Gasteiger partial charge is 0.374 e. The van der Waals surface area contributed by atoms with Gasteiger partial charge in [-0.3, -0.25) is 0 Å². The van der Waals surface area contributed by atoms with Crippen LogP contribution in [-0.4, -0.2) is 29.6 Å². The molecule has 0 aliphatic heterocycles. The molecule has 0 amide bonds. The molecule has 0 unspecified atom stereocenters. The molecule has 4 nitrogen and oxygen atoms in total. The highest BCUT2D eigenvalue weighted by atomic mass is 19.4. The summed E-state index contributed by atoms with van der Waals surface area (Å²) in [6.07, 6.45) is -14.0. The van der Waals surface area contributed by atoms with Crippen molar-refractivity contribution in [1.82, 2.24) is 0 Å². The topological polar surface area (TPSA) is 69.0 Å². The molecule has 0 heterocycles. The van der Waals surface area contributed by atoms with Crippen molar-refractivity contribution in [2.24, 2.45) is 5.11 Å².